The summed E-state index contributed by atoms with van der Waals surface area (Å²) < 4.78 is 6.41. The lowest BCUT2D eigenvalue weighted by molar-refractivity contribution is -0.123. The van der Waals surface area contributed by atoms with Gasteiger partial charge in [0.05, 0.1) is 12.2 Å². The molecular formula is C16H15N5O4S. The highest BCUT2D eigenvalue weighted by molar-refractivity contribution is 7.09. The van der Waals surface area contributed by atoms with Crippen LogP contribution in [0.15, 0.2) is 36.0 Å². The van der Waals surface area contributed by atoms with Gasteiger partial charge in [0.2, 0.25) is 0 Å². The van der Waals surface area contributed by atoms with Crippen LogP contribution >= 0.6 is 11.3 Å². The quantitative estimate of drug-likeness (QED) is 0.651. The Kier molecular flexibility index (Phi) is 5.23. The van der Waals surface area contributed by atoms with Crippen LogP contribution in [-0.4, -0.2) is 39.1 Å². The van der Waals surface area contributed by atoms with E-state index in [1.807, 2.05) is 17.5 Å². The minimum atomic E-state index is -0.732. The van der Waals surface area contributed by atoms with Crippen molar-refractivity contribution in [3.05, 3.63) is 52.1 Å². The fourth-order valence-corrected chi connectivity index (χ4v) is 2.87. The van der Waals surface area contributed by atoms with Crippen molar-refractivity contribution < 1.29 is 19.1 Å². The van der Waals surface area contributed by atoms with Crippen LogP contribution in [0, 0.1) is 6.92 Å². The summed E-state index contributed by atoms with van der Waals surface area (Å²) in [6, 6.07) is 4.74. The molecule has 0 radical (unpaired) electrons. The molecule has 3 aromatic rings. The van der Waals surface area contributed by atoms with Crippen LogP contribution in [-0.2, 0) is 16.1 Å². The molecule has 0 saturated carbocycles. The molecule has 3 aromatic heterocycles. The second-order valence-corrected chi connectivity index (χ2v) is 6.27. The van der Waals surface area contributed by atoms with E-state index in [-0.39, 0.29) is 5.56 Å². The number of nitrogens with zero attached hydrogens (tertiary/aromatic N) is 3. The average Bonchev–Trinajstić information content (AvgIpc) is 3.24. The van der Waals surface area contributed by atoms with Crippen LogP contribution < -0.4 is 10.6 Å². The van der Waals surface area contributed by atoms with Crippen molar-refractivity contribution in [3.63, 3.8) is 0 Å². The van der Waals surface area contributed by atoms with Gasteiger partial charge in [0.15, 0.2) is 12.3 Å². The largest absolute Gasteiger partial charge is 0.452 e. The Hall–Kier alpha value is -3.27. The SMILES string of the molecule is Cc1nn2cccnc2c1C(=O)OCC(=O)NC(=O)NCc1cccs1. The smallest absolute Gasteiger partial charge is 0.344 e. The van der Waals surface area contributed by atoms with Crippen molar-refractivity contribution in [2.45, 2.75) is 13.5 Å². The molecule has 0 aliphatic carbocycles. The summed E-state index contributed by atoms with van der Waals surface area (Å²) in [6.07, 6.45) is 3.18. The van der Waals surface area contributed by atoms with Crippen LogP contribution in [0.2, 0.25) is 0 Å². The minimum Gasteiger partial charge on any atom is -0.452 e. The standard InChI is InChI=1S/C16H15N5O4S/c1-10-13(14-17-5-3-6-21(14)20-10)15(23)25-9-12(22)19-16(24)18-8-11-4-2-7-26-11/h2-7H,8-9H2,1H3,(H2,18,19,22,24). The Balaban J connectivity index is 1.51. The lowest BCUT2D eigenvalue weighted by Crippen LogP contribution is -2.41. The van der Waals surface area contributed by atoms with E-state index in [4.69, 9.17) is 4.74 Å². The monoisotopic (exact) mass is 373 g/mol. The number of aryl methyl sites for hydroxylation is 1. The Labute approximate surface area is 152 Å². The predicted molar refractivity (Wildman–Crippen MR) is 92.7 cm³/mol. The molecule has 2 N–H and O–H groups in total. The van der Waals surface area contributed by atoms with Gasteiger partial charge >= 0.3 is 12.0 Å². The molecule has 0 aliphatic heterocycles. The molecule has 3 heterocycles. The summed E-state index contributed by atoms with van der Waals surface area (Å²) in [5.74, 6) is -1.46. The number of imide groups is 1. The molecule has 9 nitrogen and oxygen atoms in total. The highest BCUT2D eigenvalue weighted by atomic mass is 32.1. The van der Waals surface area contributed by atoms with Crippen LogP contribution in [0.5, 0.6) is 0 Å². The van der Waals surface area contributed by atoms with Crippen molar-refractivity contribution in [1.29, 1.82) is 0 Å². The van der Waals surface area contributed by atoms with Crippen molar-refractivity contribution in [1.82, 2.24) is 25.2 Å². The van der Waals surface area contributed by atoms with Crippen molar-refractivity contribution in [2.75, 3.05) is 6.61 Å². The van der Waals surface area contributed by atoms with E-state index in [1.54, 1.807) is 19.2 Å². The van der Waals surface area contributed by atoms with E-state index in [1.165, 1.54) is 22.0 Å². The van der Waals surface area contributed by atoms with Crippen LogP contribution in [0.4, 0.5) is 4.79 Å². The van der Waals surface area contributed by atoms with Gasteiger partial charge in [0, 0.05) is 17.3 Å². The second-order valence-electron chi connectivity index (χ2n) is 5.23. The third-order valence-electron chi connectivity index (χ3n) is 3.37. The summed E-state index contributed by atoms with van der Waals surface area (Å²) in [5.41, 5.74) is 0.951. The maximum atomic E-state index is 12.2. The number of esters is 1. The normalized spacial score (nSPS) is 10.5. The van der Waals surface area contributed by atoms with E-state index >= 15 is 0 Å². The van der Waals surface area contributed by atoms with Crippen molar-refractivity contribution in [2.24, 2.45) is 0 Å². The van der Waals surface area contributed by atoms with Gasteiger partial charge in [-0.15, -0.1) is 11.3 Å². The van der Waals surface area contributed by atoms with Gasteiger partial charge in [-0.2, -0.15) is 5.10 Å². The Morgan fingerprint density at radius 1 is 1.31 bits per heavy atom. The molecule has 0 unspecified atom stereocenters. The molecular weight excluding hydrogens is 358 g/mol. The maximum Gasteiger partial charge on any atom is 0.344 e. The molecule has 0 aliphatic rings. The number of rotatable bonds is 5. The van der Waals surface area contributed by atoms with E-state index < -0.39 is 24.5 Å². The Morgan fingerprint density at radius 2 is 2.15 bits per heavy atom. The van der Waals surface area contributed by atoms with E-state index in [2.05, 4.69) is 20.7 Å². The van der Waals surface area contributed by atoms with Gasteiger partial charge in [-0.25, -0.2) is 19.1 Å². The number of hydrogen-bond acceptors (Lipinski definition) is 7. The number of nitrogens with one attached hydrogen (secondary N) is 2. The number of amides is 3. The van der Waals surface area contributed by atoms with Crippen LogP contribution in [0.3, 0.4) is 0 Å². The third kappa shape index (κ3) is 4.03. The molecule has 0 atom stereocenters. The first-order valence-corrected chi connectivity index (χ1v) is 8.49. The zero-order chi connectivity index (χ0) is 18.5. The number of urea groups is 1. The summed E-state index contributed by atoms with van der Waals surface area (Å²) >= 11 is 1.49. The molecule has 0 saturated heterocycles. The number of carbonyl (C=O) groups excluding carboxylic acids is 3. The first-order valence-electron chi connectivity index (χ1n) is 7.61. The molecule has 26 heavy (non-hydrogen) atoms. The van der Waals surface area contributed by atoms with Gasteiger partial charge in [0.1, 0.15) is 5.56 Å². The summed E-state index contributed by atoms with van der Waals surface area (Å²) in [7, 11) is 0. The zero-order valence-corrected chi connectivity index (χ0v) is 14.6. The fraction of sp³-hybridized carbons (Fsp3) is 0.188. The van der Waals surface area contributed by atoms with Crippen LogP contribution in [0.25, 0.3) is 5.65 Å². The number of thiophene rings is 1. The molecule has 0 aromatic carbocycles. The van der Waals surface area contributed by atoms with Crippen molar-refractivity contribution in [3.8, 4) is 0 Å². The molecule has 3 rings (SSSR count). The van der Waals surface area contributed by atoms with Gasteiger partial charge in [-0.3, -0.25) is 10.1 Å². The number of hydrogen-bond donors (Lipinski definition) is 2. The summed E-state index contributed by atoms with van der Waals surface area (Å²) in [5, 5.41) is 10.7. The van der Waals surface area contributed by atoms with E-state index in [0.717, 1.165) is 4.88 Å². The number of fused-ring (bicyclic) bond motifs is 1. The lowest BCUT2D eigenvalue weighted by Gasteiger charge is -2.06. The van der Waals surface area contributed by atoms with E-state index in [9.17, 15) is 14.4 Å². The number of ether oxygens (including phenoxy) is 1. The predicted octanol–water partition coefficient (Wildman–Crippen LogP) is 1.28. The molecule has 134 valence electrons. The third-order valence-corrected chi connectivity index (χ3v) is 4.24. The molecule has 0 fully saturated rings. The van der Waals surface area contributed by atoms with Gasteiger partial charge in [-0.05, 0) is 24.4 Å². The topological polar surface area (TPSA) is 115 Å². The summed E-state index contributed by atoms with van der Waals surface area (Å²) in [4.78, 5) is 40.7. The first kappa shape index (κ1) is 17.5. The van der Waals surface area contributed by atoms with Gasteiger partial charge in [0.25, 0.3) is 5.91 Å². The highest BCUT2D eigenvalue weighted by Crippen LogP contribution is 2.13. The van der Waals surface area contributed by atoms with Crippen molar-refractivity contribution >= 4 is 34.9 Å². The zero-order valence-electron chi connectivity index (χ0n) is 13.8. The van der Waals surface area contributed by atoms with Crippen LogP contribution in [0.1, 0.15) is 20.9 Å². The molecule has 3 amide bonds. The minimum absolute atomic E-state index is 0.181. The highest BCUT2D eigenvalue weighted by Gasteiger charge is 2.20. The first-order chi connectivity index (χ1) is 12.5. The number of carbonyl (C=O) groups is 3. The molecule has 10 heteroatoms. The maximum absolute atomic E-state index is 12.2. The number of aromatic nitrogens is 3. The second kappa shape index (κ2) is 7.74. The lowest BCUT2D eigenvalue weighted by atomic mass is 10.2. The van der Waals surface area contributed by atoms with Gasteiger partial charge < -0.3 is 10.1 Å². The molecule has 0 bridgehead atoms. The van der Waals surface area contributed by atoms with Gasteiger partial charge in [-0.1, -0.05) is 6.07 Å². The van der Waals surface area contributed by atoms with E-state index in [0.29, 0.717) is 17.9 Å². The summed E-state index contributed by atoms with van der Waals surface area (Å²) in [6.45, 7) is 1.36. The Morgan fingerprint density at radius 3 is 2.92 bits per heavy atom. The fourth-order valence-electron chi connectivity index (χ4n) is 2.23. The Bertz CT molecular complexity index is 951. The average molecular weight is 373 g/mol. The molecule has 0 spiro atoms.